The van der Waals surface area contributed by atoms with E-state index >= 15 is 0 Å². The Bertz CT molecular complexity index is 1970. The van der Waals surface area contributed by atoms with Gasteiger partial charge in [-0.25, -0.2) is 14.5 Å². The normalized spacial score (nSPS) is 23.3. The van der Waals surface area contributed by atoms with E-state index in [4.69, 9.17) is 30.0 Å². The second-order valence-electron chi connectivity index (χ2n) is 16.4. The van der Waals surface area contributed by atoms with Gasteiger partial charge in [0.15, 0.2) is 6.61 Å². The Hall–Kier alpha value is -4.10. The number of carbonyl (C=O) groups is 4. The van der Waals surface area contributed by atoms with Crippen LogP contribution in [0.2, 0.25) is 5.02 Å². The van der Waals surface area contributed by atoms with Crippen LogP contribution >= 0.6 is 11.6 Å². The molecule has 0 unspecified atom stereocenters. The summed E-state index contributed by atoms with van der Waals surface area (Å²) in [6.07, 6.45) is -5.74. The molecule has 4 amide bonds. The predicted molar refractivity (Wildman–Crippen MR) is 196 cm³/mol. The average Bonchev–Trinajstić information content (AvgIpc) is 3.97. The highest BCUT2D eigenvalue weighted by atomic mass is 35.5. The number of fused-ring (bicyclic) bond motifs is 1. The summed E-state index contributed by atoms with van der Waals surface area (Å²) in [5, 5.41) is 5.72. The van der Waals surface area contributed by atoms with Crippen molar-refractivity contribution in [3.63, 3.8) is 0 Å². The minimum atomic E-state index is -4.68. The molecule has 0 bridgehead atoms. The van der Waals surface area contributed by atoms with E-state index in [1.54, 1.807) is 60.6 Å². The first-order valence-corrected chi connectivity index (χ1v) is 19.9. The van der Waals surface area contributed by atoms with E-state index in [0.717, 1.165) is 6.07 Å². The molecule has 0 spiro atoms. The number of amides is 4. The maximum Gasteiger partial charge on any atom is 0.422 e. The van der Waals surface area contributed by atoms with Crippen LogP contribution in [0.3, 0.4) is 0 Å². The molecule has 1 saturated heterocycles. The lowest BCUT2D eigenvalue weighted by Crippen LogP contribution is -2.60. The van der Waals surface area contributed by atoms with Crippen LogP contribution < -0.4 is 24.8 Å². The van der Waals surface area contributed by atoms with Gasteiger partial charge in [-0.2, -0.15) is 21.6 Å². The van der Waals surface area contributed by atoms with Gasteiger partial charge in [-0.05, 0) is 63.5 Å². The van der Waals surface area contributed by atoms with Gasteiger partial charge in [-0.1, -0.05) is 51.8 Å². The minimum Gasteiger partial charge on any atom is -0.488 e. The van der Waals surface area contributed by atoms with Crippen molar-refractivity contribution in [1.29, 1.82) is 0 Å². The highest BCUT2D eigenvalue weighted by Crippen LogP contribution is 2.47. The number of halogens is 4. The molecule has 3 aliphatic rings. The van der Waals surface area contributed by atoms with Gasteiger partial charge in [0.1, 0.15) is 35.1 Å². The van der Waals surface area contributed by atoms with Crippen LogP contribution in [0, 0.1) is 11.3 Å². The number of hydrogen-bond donors (Lipinski definition) is 3. The number of benzene rings is 1. The van der Waals surface area contributed by atoms with E-state index in [-0.39, 0.29) is 35.7 Å². The molecule has 1 aliphatic heterocycles. The Labute approximate surface area is 327 Å². The molecule has 0 radical (unpaired) electrons. The highest BCUT2D eigenvalue weighted by molar-refractivity contribution is 7.85. The first-order chi connectivity index (χ1) is 25.8. The molecule has 15 nitrogen and oxygen atoms in total. The molecular formula is C36H47ClF3N5O10S. The lowest BCUT2D eigenvalue weighted by atomic mass is 9.85. The fourth-order valence-corrected chi connectivity index (χ4v) is 7.69. The zero-order valence-electron chi connectivity index (χ0n) is 32.0. The van der Waals surface area contributed by atoms with Crippen LogP contribution in [-0.4, -0.2) is 96.9 Å². The Morgan fingerprint density at radius 3 is 2.32 bits per heavy atom. The number of pyridine rings is 1. The number of hydrogen-bond acceptors (Lipinski definition) is 11. The number of ether oxygens (including phenoxy) is 3. The summed E-state index contributed by atoms with van der Waals surface area (Å²) < 4.78 is 87.9. The van der Waals surface area contributed by atoms with Gasteiger partial charge in [-0.3, -0.25) is 18.6 Å². The smallest absolute Gasteiger partial charge is 0.422 e. The number of nitrogens with zero attached hydrogens (tertiary/aromatic N) is 2. The molecule has 20 heteroatoms. The molecule has 2 aliphatic carbocycles. The molecule has 5 atom stereocenters. The first-order valence-electron chi connectivity index (χ1n) is 18.1. The summed E-state index contributed by atoms with van der Waals surface area (Å²) >= 11 is 6.36. The summed E-state index contributed by atoms with van der Waals surface area (Å²) in [5.74, 6) is -3.39. The maximum absolute atomic E-state index is 14.5. The lowest BCUT2D eigenvalue weighted by Gasteiger charge is -2.36. The average molecular weight is 834 g/mol. The van der Waals surface area contributed by atoms with Gasteiger partial charge in [0, 0.05) is 17.9 Å². The highest BCUT2D eigenvalue weighted by Gasteiger charge is 2.62. The number of alkyl halides is 3. The van der Waals surface area contributed by atoms with Crippen molar-refractivity contribution in [2.24, 2.45) is 11.3 Å². The zero-order chi connectivity index (χ0) is 41.6. The van der Waals surface area contributed by atoms with Crippen molar-refractivity contribution in [2.45, 2.75) is 122 Å². The van der Waals surface area contributed by atoms with Crippen molar-refractivity contribution >= 4 is 56.6 Å². The van der Waals surface area contributed by atoms with E-state index in [1.165, 1.54) is 11.0 Å². The standard InChI is InChI=1S/C36H47ClF3N5O10S/c1-8-19-16-35(19,31(48)44-56(50,51)55-20-12-13-20)43-29(46)24-14-21(17-45(24)30(47)28(33(2,3)4)42-32(49)54-34(5,6)7)53-25-15-26(52-18-36(38,39)40)41-27-22(25)10-9-11-23(27)37/h9-11,15,19-21,24,28H,8,12-14,16-18H2,1-7H3,(H,42,49)(H,43,46)(H,44,48)/t19-,21-,24+,28-,35-/m1/s1. The molecule has 2 aromatic rings. The van der Waals surface area contributed by atoms with Crippen molar-refractivity contribution in [1.82, 2.24) is 25.2 Å². The molecule has 3 fully saturated rings. The number of aromatic nitrogens is 1. The molecule has 3 N–H and O–H groups in total. The molecule has 56 heavy (non-hydrogen) atoms. The predicted octanol–water partition coefficient (Wildman–Crippen LogP) is 4.94. The summed E-state index contributed by atoms with van der Waals surface area (Å²) in [6.45, 7) is 9.89. The summed E-state index contributed by atoms with van der Waals surface area (Å²) in [5.41, 5.74) is -3.40. The van der Waals surface area contributed by atoms with Crippen molar-refractivity contribution < 1.29 is 59.2 Å². The summed E-state index contributed by atoms with van der Waals surface area (Å²) in [6, 6.07) is 3.18. The number of likely N-dealkylation sites (tertiary alicyclic amines) is 1. The van der Waals surface area contributed by atoms with Crippen molar-refractivity contribution in [2.75, 3.05) is 13.2 Å². The topological polar surface area (TPSA) is 192 Å². The van der Waals surface area contributed by atoms with Crippen LogP contribution in [0.25, 0.3) is 10.9 Å². The second kappa shape index (κ2) is 15.7. The molecule has 2 saturated carbocycles. The third kappa shape index (κ3) is 10.6. The fraction of sp³-hybridized carbons (Fsp3) is 0.639. The summed E-state index contributed by atoms with van der Waals surface area (Å²) in [4.78, 5) is 60.6. The Morgan fingerprint density at radius 1 is 1.07 bits per heavy atom. The van der Waals surface area contributed by atoms with Crippen LogP contribution in [0.4, 0.5) is 18.0 Å². The van der Waals surface area contributed by atoms with E-state index in [0.29, 0.717) is 24.6 Å². The Kier molecular flexibility index (Phi) is 12.1. The van der Waals surface area contributed by atoms with Crippen molar-refractivity contribution in [3.05, 3.63) is 29.3 Å². The second-order valence-corrected chi connectivity index (χ2v) is 18.1. The zero-order valence-corrected chi connectivity index (χ0v) is 33.6. The van der Waals surface area contributed by atoms with Crippen LogP contribution in [0.5, 0.6) is 11.6 Å². The van der Waals surface area contributed by atoms with Gasteiger partial charge in [0.05, 0.1) is 23.2 Å². The third-order valence-electron chi connectivity index (χ3n) is 9.38. The van der Waals surface area contributed by atoms with E-state index in [2.05, 4.69) is 15.6 Å². The first kappa shape index (κ1) is 43.0. The van der Waals surface area contributed by atoms with E-state index in [9.17, 15) is 40.8 Å². The summed E-state index contributed by atoms with van der Waals surface area (Å²) in [7, 11) is -4.48. The Balaban J connectivity index is 1.47. The Morgan fingerprint density at radius 2 is 1.75 bits per heavy atom. The van der Waals surface area contributed by atoms with Crippen LogP contribution in [0.15, 0.2) is 24.3 Å². The number of rotatable bonds is 13. The molecule has 1 aromatic heterocycles. The third-order valence-corrected chi connectivity index (χ3v) is 10.6. The largest absolute Gasteiger partial charge is 0.488 e. The van der Waals surface area contributed by atoms with Gasteiger partial charge >= 0.3 is 22.6 Å². The van der Waals surface area contributed by atoms with Gasteiger partial charge in [0.2, 0.25) is 17.7 Å². The van der Waals surface area contributed by atoms with Crippen LogP contribution in [0.1, 0.15) is 80.6 Å². The van der Waals surface area contributed by atoms with Crippen LogP contribution in [-0.2, 0) is 33.6 Å². The van der Waals surface area contributed by atoms with Crippen molar-refractivity contribution in [3.8, 4) is 11.6 Å². The molecule has 310 valence electrons. The number of para-hydroxylation sites is 1. The quantitative estimate of drug-likeness (QED) is 0.248. The maximum atomic E-state index is 14.5. The molecule has 5 rings (SSSR count). The number of alkyl carbamates (subject to hydrolysis) is 1. The number of nitrogens with one attached hydrogen (secondary N) is 3. The van der Waals surface area contributed by atoms with Gasteiger partial charge in [-0.15, -0.1) is 0 Å². The molecule has 2 heterocycles. The minimum absolute atomic E-state index is 0.00246. The van der Waals surface area contributed by atoms with Gasteiger partial charge in [0.25, 0.3) is 5.91 Å². The van der Waals surface area contributed by atoms with E-state index in [1.807, 2.05) is 4.72 Å². The van der Waals surface area contributed by atoms with E-state index < -0.39 is 99.5 Å². The molecular weight excluding hydrogens is 787 g/mol. The number of carbonyl (C=O) groups excluding carboxylic acids is 4. The SMILES string of the molecule is CC[C@@H]1C[C@]1(NC(=O)[C@@H]1C[C@@H](Oc2cc(OCC(F)(F)F)nc3c(Cl)cccc23)CN1C(=O)[C@@H](NC(=O)OC(C)(C)C)C(C)(C)C)C(=O)NS(=O)(=O)OC1CC1. The fourth-order valence-electron chi connectivity index (χ4n) is 6.47. The van der Waals surface area contributed by atoms with Gasteiger partial charge < -0.3 is 29.7 Å². The molecule has 1 aromatic carbocycles. The lowest BCUT2D eigenvalue weighted by molar-refractivity contribution is -0.154. The monoisotopic (exact) mass is 833 g/mol.